The Labute approximate surface area is 101 Å². The van der Waals surface area contributed by atoms with Gasteiger partial charge < -0.3 is 5.73 Å². The van der Waals surface area contributed by atoms with Gasteiger partial charge in [0.15, 0.2) is 4.34 Å². The molecule has 0 aliphatic rings. The Morgan fingerprint density at radius 2 is 2.25 bits per heavy atom. The van der Waals surface area contributed by atoms with E-state index in [9.17, 15) is 4.39 Å². The van der Waals surface area contributed by atoms with Crippen molar-refractivity contribution in [3.63, 3.8) is 0 Å². The predicted octanol–water partition coefficient (Wildman–Crippen LogP) is 2.86. The van der Waals surface area contributed by atoms with Crippen LogP contribution in [0.2, 0.25) is 0 Å². The number of hydrogen-bond acceptors (Lipinski definition) is 5. The Hall–Kier alpha value is -1.14. The molecule has 0 fully saturated rings. The summed E-state index contributed by atoms with van der Waals surface area (Å²) in [7, 11) is 0. The van der Waals surface area contributed by atoms with Crippen molar-refractivity contribution in [3.05, 3.63) is 34.6 Å². The molecular weight excluding hydrogens is 245 g/mol. The Kier molecular flexibility index (Phi) is 3.40. The molecule has 6 heteroatoms. The number of aryl methyl sites for hydroxylation is 1. The molecule has 3 nitrogen and oxygen atoms in total. The van der Waals surface area contributed by atoms with Crippen molar-refractivity contribution in [1.29, 1.82) is 0 Å². The molecule has 0 aliphatic heterocycles. The number of aromatic nitrogens is 2. The van der Waals surface area contributed by atoms with Crippen molar-refractivity contribution in [2.75, 3.05) is 5.73 Å². The van der Waals surface area contributed by atoms with Crippen LogP contribution in [0.3, 0.4) is 0 Å². The molecule has 0 saturated carbocycles. The topological polar surface area (TPSA) is 51.8 Å². The second-order valence-electron chi connectivity index (χ2n) is 3.18. The molecular formula is C10H10FN3S2. The van der Waals surface area contributed by atoms with E-state index in [0.717, 1.165) is 9.35 Å². The monoisotopic (exact) mass is 255 g/mol. The van der Waals surface area contributed by atoms with Crippen LogP contribution >= 0.6 is 23.1 Å². The molecule has 2 aromatic rings. The highest BCUT2D eigenvalue weighted by atomic mass is 32.2. The molecule has 1 aromatic carbocycles. The zero-order valence-corrected chi connectivity index (χ0v) is 10.2. The predicted molar refractivity (Wildman–Crippen MR) is 65.0 cm³/mol. The molecule has 84 valence electrons. The molecule has 0 spiro atoms. The number of nitrogens with two attached hydrogens (primary N) is 1. The lowest BCUT2D eigenvalue weighted by atomic mass is 10.2. The maximum absolute atomic E-state index is 13.4. The lowest BCUT2D eigenvalue weighted by molar-refractivity contribution is 0.618. The van der Waals surface area contributed by atoms with Crippen molar-refractivity contribution < 1.29 is 4.39 Å². The van der Waals surface area contributed by atoms with Crippen LogP contribution in [0.25, 0.3) is 0 Å². The van der Waals surface area contributed by atoms with Gasteiger partial charge in [0.1, 0.15) is 10.8 Å². The number of anilines is 1. The number of nitrogens with zero attached hydrogens (tertiary/aromatic N) is 2. The molecule has 2 N–H and O–H groups in total. The van der Waals surface area contributed by atoms with Crippen molar-refractivity contribution in [3.8, 4) is 0 Å². The van der Waals surface area contributed by atoms with Crippen LogP contribution in [0.5, 0.6) is 0 Å². The van der Waals surface area contributed by atoms with Gasteiger partial charge in [0, 0.05) is 17.0 Å². The molecule has 0 radical (unpaired) electrons. The van der Waals surface area contributed by atoms with E-state index >= 15 is 0 Å². The van der Waals surface area contributed by atoms with Gasteiger partial charge in [0.2, 0.25) is 0 Å². The van der Waals surface area contributed by atoms with Crippen molar-refractivity contribution >= 4 is 28.8 Å². The molecule has 0 atom stereocenters. The summed E-state index contributed by atoms with van der Waals surface area (Å²) in [5.41, 5.74) is 6.71. The third kappa shape index (κ3) is 2.51. The lowest BCUT2D eigenvalue weighted by Crippen LogP contribution is -1.95. The fraction of sp³-hybridized carbons (Fsp3) is 0.200. The normalized spacial score (nSPS) is 10.6. The average molecular weight is 255 g/mol. The molecule has 0 amide bonds. The van der Waals surface area contributed by atoms with Crippen LogP contribution in [0.1, 0.15) is 10.6 Å². The van der Waals surface area contributed by atoms with E-state index in [1.807, 2.05) is 6.92 Å². The van der Waals surface area contributed by atoms with Crippen LogP contribution in [-0.2, 0) is 5.75 Å². The summed E-state index contributed by atoms with van der Waals surface area (Å²) in [4.78, 5) is 0. The van der Waals surface area contributed by atoms with Gasteiger partial charge in [-0.1, -0.05) is 29.2 Å². The SMILES string of the molecule is Cc1nnc(SCc2c(N)cccc2F)s1. The van der Waals surface area contributed by atoms with E-state index in [-0.39, 0.29) is 5.82 Å². The minimum atomic E-state index is -0.270. The molecule has 0 unspecified atom stereocenters. The summed E-state index contributed by atoms with van der Waals surface area (Å²) in [5, 5.41) is 8.76. The summed E-state index contributed by atoms with van der Waals surface area (Å²) < 4.78 is 14.3. The maximum atomic E-state index is 13.4. The van der Waals surface area contributed by atoms with E-state index in [1.54, 1.807) is 12.1 Å². The van der Waals surface area contributed by atoms with Gasteiger partial charge in [0.05, 0.1) is 0 Å². The van der Waals surface area contributed by atoms with Gasteiger partial charge in [-0.05, 0) is 19.1 Å². The van der Waals surface area contributed by atoms with Gasteiger partial charge in [-0.2, -0.15) is 0 Å². The number of halogens is 1. The Balaban J connectivity index is 2.10. The molecule has 2 rings (SSSR count). The second-order valence-corrected chi connectivity index (χ2v) is 5.59. The number of benzene rings is 1. The standard InChI is InChI=1S/C10H10FN3S2/c1-6-13-14-10(16-6)15-5-7-8(11)3-2-4-9(7)12/h2-4H,5,12H2,1H3. The van der Waals surface area contributed by atoms with E-state index in [1.165, 1.54) is 29.2 Å². The van der Waals surface area contributed by atoms with Crippen LogP contribution in [0.15, 0.2) is 22.5 Å². The third-order valence-corrected chi connectivity index (χ3v) is 4.00. The Morgan fingerprint density at radius 3 is 2.88 bits per heavy atom. The van der Waals surface area contributed by atoms with Crippen molar-refractivity contribution in [1.82, 2.24) is 10.2 Å². The zero-order valence-electron chi connectivity index (χ0n) is 8.61. The average Bonchev–Trinajstić information content (AvgIpc) is 2.63. The minimum absolute atomic E-state index is 0.270. The summed E-state index contributed by atoms with van der Waals surface area (Å²) in [6.07, 6.45) is 0. The van der Waals surface area contributed by atoms with Gasteiger partial charge in [-0.15, -0.1) is 10.2 Å². The molecule has 16 heavy (non-hydrogen) atoms. The van der Waals surface area contributed by atoms with E-state index < -0.39 is 0 Å². The number of hydrogen-bond donors (Lipinski definition) is 1. The highest BCUT2D eigenvalue weighted by Gasteiger charge is 2.08. The minimum Gasteiger partial charge on any atom is -0.398 e. The fourth-order valence-electron chi connectivity index (χ4n) is 1.20. The van der Waals surface area contributed by atoms with Gasteiger partial charge >= 0.3 is 0 Å². The van der Waals surface area contributed by atoms with Crippen LogP contribution in [0, 0.1) is 12.7 Å². The van der Waals surface area contributed by atoms with Gasteiger partial charge in [-0.25, -0.2) is 4.39 Å². The highest BCUT2D eigenvalue weighted by Crippen LogP contribution is 2.28. The first-order valence-corrected chi connectivity index (χ1v) is 6.43. The zero-order chi connectivity index (χ0) is 11.5. The fourth-order valence-corrected chi connectivity index (χ4v) is 3.06. The lowest BCUT2D eigenvalue weighted by Gasteiger charge is -2.04. The Morgan fingerprint density at radius 1 is 1.44 bits per heavy atom. The number of nitrogen functional groups attached to an aromatic ring is 1. The number of rotatable bonds is 3. The first-order chi connectivity index (χ1) is 7.66. The van der Waals surface area contributed by atoms with Crippen LogP contribution < -0.4 is 5.73 Å². The van der Waals surface area contributed by atoms with Crippen LogP contribution in [-0.4, -0.2) is 10.2 Å². The van der Waals surface area contributed by atoms with Crippen LogP contribution in [0.4, 0.5) is 10.1 Å². The van der Waals surface area contributed by atoms with Crippen molar-refractivity contribution in [2.45, 2.75) is 17.0 Å². The third-order valence-electron chi connectivity index (χ3n) is 2.00. The Bertz CT molecular complexity index is 478. The summed E-state index contributed by atoms with van der Waals surface area (Å²) in [6, 6.07) is 4.72. The second kappa shape index (κ2) is 4.80. The molecule has 0 saturated heterocycles. The maximum Gasteiger partial charge on any atom is 0.174 e. The quantitative estimate of drug-likeness (QED) is 0.677. The first kappa shape index (κ1) is 11.3. The van der Waals surface area contributed by atoms with E-state index in [4.69, 9.17) is 5.73 Å². The molecule has 1 aromatic heterocycles. The first-order valence-electron chi connectivity index (χ1n) is 4.62. The molecule has 0 bridgehead atoms. The van der Waals surface area contributed by atoms with Crippen molar-refractivity contribution in [2.24, 2.45) is 0 Å². The molecule has 1 heterocycles. The largest absolute Gasteiger partial charge is 0.398 e. The highest BCUT2D eigenvalue weighted by molar-refractivity contribution is 8.00. The summed E-state index contributed by atoms with van der Waals surface area (Å²) >= 11 is 2.94. The van der Waals surface area contributed by atoms with E-state index in [0.29, 0.717) is 17.0 Å². The summed E-state index contributed by atoms with van der Waals surface area (Å²) in [6.45, 7) is 1.89. The van der Waals surface area contributed by atoms with Gasteiger partial charge in [-0.3, -0.25) is 0 Å². The van der Waals surface area contributed by atoms with Gasteiger partial charge in [0.25, 0.3) is 0 Å². The number of thioether (sulfide) groups is 1. The molecule has 0 aliphatic carbocycles. The van der Waals surface area contributed by atoms with E-state index in [2.05, 4.69) is 10.2 Å². The summed E-state index contributed by atoms with van der Waals surface area (Å²) in [5.74, 6) is 0.210. The smallest absolute Gasteiger partial charge is 0.174 e.